The van der Waals surface area contributed by atoms with Gasteiger partial charge in [0, 0.05) is 27.7 Å². The van der Waals surface area contributed by atoms with E-state index in [-0.39, 0.29) is 5.91 Å². The number of carbonyl (C=O) groups excluding carboxylic acids is 1. The second-order valence-corrected chi connectivity index (χ2v) is 14.2. The molecule has 0 unspecified atom stereocenters. The third-order valence-corrected chi connectivity index (χ3v) is 10.1. The largest absolute Gasteiger partial charge is 0.399 e. The first kappa shape index (κ1) is 41.9. The summed E-state index contributed by atoms with van der Waals surface area (Å²) in [4.78, 5) is 12.5. The minimum atomic E-state index is -0.140. The highest BCUT2D eigenvalue weighted by atomic mass is 16.1. The Morgan fingerprint density at radius 3 is 1.44 bits per heavy atom. The average molecular weight is 809 g/mol. The topological polar surface area (TPSA) is 112 Å². The maximum Gasteiger partial charge on any atom is 0.255 e. The van der Waals surface area contributed by atoms with Gasteiger partial charge in [-0.15, -0.1) is 0 Å². The molecule has 0 fully saturated rings. The van der Waals surface area contributed by atoms with Crippen LogP contribution < -0.4 is 11.1 Å². The molecular formula is C55H48N6O. The van der Waals surface area contributed by atoms with Crippen molar-refractivity contribution >= 4 is 74.5 Å². The first-order valence-electron chi connectivity index (χ1n) is 20.5. The summed E-state index contributed by atoms with van der Waals surface area (Å²) in [7, 11) is 0. The molecule has 0 saturated heterocycles. The van der Waals surface area contributed by atoms with Crippen molar-refractivity contribution in [2.24, 2.45) is 0 Å². The van der Waals surface area contributed by atoms with Crippen LogP contribution >= 0.6 is 0 Å². The molecule has 7 aromatic carbocycles. The molecule has 0 spiro atoms. The molecule has 304 valence electrons. The van der Waals surface area contributed by atoms with E-state index in [9.17, 15) is 4.79 Å². The van der Waals surface area contributed by atoms with Gasteiger partial charge in [-0.25, -0.2) is 0 Å². The van der Waals surface area contributed by atoms with E-state index >= 15 is 0 Å². The normalized spacial score (nSPS) is 10.9. The highest BCUT2D eigenvalue weighted by Gasteiger charge is 2.11. The summed E-state index contributed by atoms with van der Waals surface area (Å²) in [6.07, 6.45) is 8.16. The Balaban J connectivity index is 0.000000185. The van der Waals surface area contributed by atoms with Crippen molar-refractivity contribution in [3.8, 4) is 0 Å². The van der Waals surface area contributed by atoms with Gasteiger partial charge in [0.15, 0.2) is 0 Å². The number of hydrogen-bond donors (Lipinski definition) is 4. The Morgan fingerprint density at radius 1 is 0.500 bits per heavy atom. The van der Waals surface area contributed by atoms with E-state index in [2.05, 4.69) is 112 Å². The van der Waals surface area contributed by atoms with Crippen LogP contribution in [0.15, 0.2) is 189 Å². The number of anilines is 2. The predicted octanol–water partition coefficient (Wildman–Crippen LogP) is 13.5. The quantitative estimate of drug-likeness (QED) is 0.103. The fourth-order valence-corrected chi connectivity index (χ4v) is 6.83. The van der Waals surface area contributed by atoms with Crippen molar-refractivity contribution in [2.75, 3.05) is 11.1 Å². The molecule has 0 radical (unpaired) electrons. The monoisotopic (exact) mass is 808 g/mol. The maximum absolute atomic E-state index is 12.5. The Labute approximate surface area is 362 Å². The number of nitrogens with zero attached hydrogens (tertiary/aromatic N) is 2. The van der Waals surface area contributed by atoms with Gasteiger partial charge in [-0.1, -0.05) is 154 Å². The number of aromatic nitrogens is 4. The zero-order valence-electron chi connectivity index (χ0n) is 34.8. The maximum atomic E-state index is 12.5. The molecule has 0 aliphatic heterocycles. The standard InChI is InChI=1S/C30H23N3O.C23H19N3.C2H6/c1-21(24-13-8-14-26(19-24)31-30(34)23-11-6-3-7-12-23)25-16-17-27-28(32-33-29(27)20-25)18-15-22-9-4-2-5-10-22;1-16(18-8-5-9-20(24)14-18)19-11-12-21-22(25-26-23(21)15-19)13-10-17-6-3-2-4-7-17;1-2/h2-20H,1H2,(H,31,34)(H,32,33);2-15H,1,24H2,(H,25,26);1-2H3/b18-15+;13-10+;. The Bertz CT molecular complexity index is 3010. The van der Waals surface area contributed by atoms with Crippen LogP contribution in [0, 0.1) is 0 Å². The Morgan fingerprint density at radius 2 is 0.935 bits per heavy atom. The van der Waals surface area contributed by atoms with E-state index in [1.807, 2.05) is 129 Å². The number of hydrogen-bond acceptors (Lipinski definition) is 4. The molecule has 2 heterocycles. The van der Waals surface area contributed by atoms with Crippen LogP contribution in [0.25, 0.3) is 57.3 Å². The number of carbonyl (C=O) groups is 1. The first-order valence-corrected chi connectivity index (χ1v) is 20.5. The number of nitrogens with one attached hydrogen (secondary N) is 3. The fraction of sp³-hybridized carbons (Fsp3) is 0.0364. The SMILES string of the molecule is C=C(c1cccc(N)c1)c1ccc2c(/C=C/c3ccccc3)n[nH]c2c1.C=C(c1cccc(NC(=O)c2ccccc2)c1)c1ccc2c(/C=C/c3ccccc3)n[nH]c2c1.CC. The minimum Gasteiger partial charge on any atom is -0.399 e. The van der Waals surface area contributed by atoms with Gasteiger partial charge < -0.3 is 11.1 Å². The lowest BCUT2D eigenvalue weighted by molar-refractivity contribution is 0.102. The van der Waals surface area contributed by atoms with E-state index in [4.69, 9.17) is 5.73 Å². The molecule has 0 atom stereocenters. The fourth-order valence-electron chi connectivity index (χ4n) is 6.83. The molecule has 9 aromatic rings. The van der Waals surface area contributed by atoms with Crippen LogP contribution in [0.2, 0.25) is 0 Å². The van der Waals surface area contributed by atoms with E-state index < -0.39 is 0 Å². The van der Waals surface area contributed by atoms with Crippen LogP contribution in [0.1, 0.15) is 69.0 Å². The van der Waals surface area contributed by atoms with Gasteiger partial charge in [0.1, 0.15) is 0 Å². The van der Waals surface area contributed by atoms with Gasteiger partial charge in [0.2, 0.25) is 0 Å². The molecule has 7 nitrogen and oxygen atoms in total. The molecule has 62 heavy (non-hydrogen) atoms. The van der Waals surface area contributed by atoms with Gasteiger partial charge in [0.05, 0.1) is 22.4 Å². The summed E-state index contributed by atoms with van der Waals surface area (Å²) in [5.41, 5.74) is 19.8. The van der Waals surface area contributed by atoms with Gasteiger partial charge in [-0.3, -0.25) is 15.0 Å². The zero-order chi connectivity index (χ0) is 43.3. The van der Waals surface area contributed by atoms with Gasteiger partial charge in [-0.2, -0.15) is 10.2 Å². The second kappa shape index (κ2) is 20.1. The summed E-state index contributed by atoms with van der Waals surface area (Å²) in [5.74, 6) is -0.140. The first-order chi connectivity index (χ1) is 30.4. The number of fused-ring (bicyclic) bond motifs is 2. The molecule has 0 aliphatic carbocycles. The highest BCUT2D eigenvalue weighted by molar-refractivity contribution is 6.04. The van der Waals surface area contributed by atoms with E-state index in [1.54, 1.807) is 12.1 Å². The molecule has 5 N–H and O–H groups in total. The summed E-state index contributed by atoms with van der Waals surface area (Å²) < 4.78 is 0. The van der Waals surface area contributed by atoms with Crippen LogP contribution in [0.4, 0.5) is 11.4 Å². The van der Waals surface area contributed by atoms with Crippen molar-refractivity contribution in [3.63, 3.8) is 0 Å². The Kier molecular flexibility index (Phi) is 13.6. The molecule has 0 aliphatic rings. The summed E-state index contributed by atoms with van der Waals surface area (Å²) >= 11 is 0. The third kappa shape index (κ3) is 10.3. The van der Waals surface area contributed by atoms with Crippen LogP contribution in [0.3, 0.4) is 0 Å². The molecule has 1 amide bonds. The van der Waals surface area contributed by atoms with Gasteiger partial charge >= 0.3 is 0 Å². The number of rotatable bonds is 10. The lowest BCUT2D eigenvalue weighted by atomic mass is 9.98. The minimum absolute atomic E-state index is 0.140. The van der Waals surface area contributed by atoms with E-state index in [0.717, 1.165) is 89.1 Å². The number of benzene rings is 7. The average Bonchev–Trinajstić information content (AvgIpc) is 3.94. The summed E-state index contributed by atoms with van der Waals surface area (Å²) in [6.45, 7) is 12.5. The zero-order valence-corrected chi connectivity index (χ0v) is 34.8. The van der Waals surface area contributed by atoms with Crippen molar-refractivity contribution in [1.29, 1.82) is 0 Å². The van der Waals surface area contributed by atoms with E-state index in [0.29, 0.717) is 5.56 Å². The molecule has 9 rings (SSSR count). The van der Waals surface area contributed by atoms with Crippen molar-refractivity contribution < 1.29 is 4.79 Å². The predicted molar refractivity (Wildman–Crippen MR) is 262 cm³/mol. The summed E-state index contributed by atoms with van der Waals surface area (Å²) in [5, 5.41) is 20.2. The lowest BCUT2D eigenvalue weighted by Crippen LogP contribution is -2.11. The molecule has 0 saturated carbocycles. The van der Waals surface area contributed by atoms with Crippen molar-refractivity contribution in [3.05, 3.63) is 239 Å². The molecule has 0 bridgehead atoms. The number of nitrogen functional groups attached to an aromatic ring is 1. The summed E-state index contributed by atoms with van der Waals surface area (Å²) in [6, 6.07) is 57.4. The van der Waals surface area contributed by atoms with Crippen LogP contribution in [0.5, 0.6) is 0 Å². The number of nitrogens with two attached hydrogens (primary N) is 1. The number of aromatic amines is 2. The highest BCUT2D eigenvalue weighted by Crippen LogP contribution is 2.29. The Hall–Kier alpha value is -8.29. The molecule has 2 aromatic heterocycles. The van der Waals surface area contributed by atoms with Crippen molar-refractivity contribution in [1.82, 2.24) is 20.4 Å². The van der Waals surface area contributed by atoms with Gasteiger partial charge in [0.25, 0.3) is 5.91 Å². The van der Waals surface area contributed by atoms with Crippen molar-refractivity contribution in [2.45, 2.75) is 13.8 Å². The second-order valence-electron chi connectivity index (χ2n) is 14.2. The lowest BCUT2D eigenvalue weighted by Gasteiger charge is -2.10. The van der Waals surface area contributed by atoms with Gasteiger partial charge in [-0.05, 0) is 117 Å². The smallest absolute Gasteiger partial charge is 0.255 e. The molecular weight excluding hydrogens is 761 g/mol. The number of amides is 1. The third-order valence-electron chi connectivity index (χ3n) is 10.1. The molecule has 7 heteroatoms. The number of H-pyrrole nitrogens is 2. The van der Waals surface area contributed by atoms with Crippen LogP contribution in [-0.4, -0.2) is 26.3 Å². The van der Waals surface area contributed by atoms with Crippen LogP contribution in [-0.2, 0) is 0 Å². The van der Waals surface area contributed by atoms with E-state index in [1.165, 1.54) is 0 Å².